The van der Waals surface area contributed by atoms with E-state index in [0.717, 1.165) is 22.5 Å². The topological polar surface area (TPSA) is 109 Å². The van der Waals surface area contributed by atoms with Crippen LogP contribution in [-0.2, 0) is 9.53 Å². The molecule has 1 amide bonds. The number of ether oxygens (including phenoxy) is 1. The maximum absolute atomic E-state index is 12.1. The van der Waals surface area contributed by atoms with E-state index in [0.29, 0.717) is 31.9 Å². The van der Waals surface area contributed by atoms with Crippen LogP contribution in [0.15, 0.2) is 41.5 Å². The molecule has 9 nitrogen and oxygen atoms in total. The smallest absolute Gasteiger partial charge is 0.270 e. The molecule has 0 unspecified atom stereocenters. The van der Waals surface area contributed by atoms with Gasteiger partial charge in [0.1, 0.15) is 0 Å². The standard InChI is InChI=1S/C21H25N5O4/c1-15-3-4-16(2)19(11-15)22-14-21(27)24-23-13-17-12-18(26(28)29)5-6-20(17)25-7-9-30-10-8-25/h3-6,11-13,22H,7-10,14H2,1-2H3,(H,24,27). The molecule has 0 bridgehead atoms. The molecule has 0 saturated carbocycles. The van der Waals surface area contributed by atoms with Crippen molar-refractivity contribution in [1.82, 2.24) is 5.43 Å². The average molecular weight is 411 g/mol. The molecule has 0 aliphatic carbocycles. The second-order valence-electron chi connectivity index (χ2n) is 7.06. The molecule has 9 heteroatoms. The fourth-order valence-electron chi connectivity index (χ4n) is 3.17. The lowest BCUT2D eigenvalue weighted by Crippen LogP contribution is -2.36. The van der Waals surface area contributed by atoms with Crippen LogP contribution in [0.5, 0.6) is 0 Å². The van der Waals surface area contributed by atoms with Gasteiger partial charge in [-0.25, -0.2) is 5.43 Å². The molecule has 2 aromatic carbocycles. The fourth-order valence-corrected chi connectivity index (χ4v) is 3.17. The summed E-state index contributed by atoms with van der Waals surface area (Å²) in [7, 11) is 0. The number of hydrazone groups is 1. The number of carbonyl (C=O) groups excluding carboxylic acids is 1. The maximum Gasteiger partial charge on any atom is 0.270 e. The minimum Gasteiger partial charge on any atom is -0.378 e. The number of nitrogens with zero attached hydrogens (tertiary/aromatic N) is 3. The molecule has 0 aromatic heterocycles. The number of morpholine rings is 1. The van der Waals surface area contributed by atoms with Crippen LogP contribution in [0.3, 0.4) is 0 Å². The normalized spacial score (nSPS) is 14.0. The van der Waals surface area contributed by atoms with Crippen LogP contribution >= 0.6 is 0 Å². The summed E-state index contributed by atoms with van der Waals surface area (Å²) in [4.78, 5) is 24.9. The summed E-state index contributed by atoms with van der Waals surface area (Å²) < 4.78 is 5.37. The molecule has 2 aromatic rings. The van der Waals surface area contributed by atoms with Crippen LogP contribution in [0.4, 0.5) is 17.1 Å². The summed E-state index contributed by atoms with van der Waals surface area (Å²) in [5.41, 5.74) is 6.85. The molecule has 3 rings (SSSR count). The van der Waals surface area contributed by atoms with Gasteiger partial charge >= 0.3 is 0 Å². The van der Waals surface area contributed by atoms with Crippen molar-refractivity contribution >= 4 is 29.2 Å². The lowest BCUT2D eigenvalue weighted by Gasteiger charge is -2.29. The molecule has 1 aliphatic rings. The van der Waals surface area contributed by atoms with Crippen LogP contribution in [0.2, 0.25) is 0 Å². The van der Waals surface area contributed by atoms with Crippen molar-refractivity contribution in [1.29, 1.82) is 0 Å². The number of nitro benzene ring substituents is 1. The summed E-state index contributed by atoms with van der Waals surface area (Å²) >= 11 is 0. The first-order chi connectivity index (χ1) is 14.4. The average Bonchev–Trinajstić information content (AvgIpc) is 2.75. The Morgan fingerprint density at radius 1 is 1.23 bits per heavy atom. The van der Waals surface area contributed by atoms with Gasteiger partial charge in [-0.3, -0.25) is 14.9 Å². The second kappa shape index (κ2) is 9.84. The van der Waals surface area contributed by atoms with E-state index in [1.54, 1.807) is 6.07 Å². The van der Waals surface area contributed by atoms with Gasteiger partial charge in [-0.05, 0) is 37.1 Å². The molecule has 1 saturated heterocycles. The van der Waals surface area contributed by atoms with Crippen molar-refractivity contribution in [2.45, 2.75) is 13.8 Å². The maximum atomic E-state index is 12.1. The number of hydrogen-bond acceptors (Lipinski definition) is 7. The van der Waals surface area contributed by atoms with E-state index in [1.807, 2.05) is 32.0 Å². The van der Waals surface area contributed by atoms with Gasteiger partial charge < -0.3 is 15.0 Å². The van der Waals surface area contributed by atoms with Crippen molar-refractivity contribution in [3.8, 4) is 0 Å². The zero-order valence-electron chi connectivity index (χ0n) is 17.1. The highest BCUT2D eigenvalue weighted by Gasteiger charge is 2.17. The first kappa shape index (κ1) is 21.3. The first-order valence-electron chi connectivity index (χ1n) is 9.68. The van der Waals surface area contributed by atoms with Crippen LogP contribution in [0.25, 0.3) is 0 Å². The Morgan fingerprint density at radius 2 is 2.00 bits per heavy atom. The van der Waals surface area contributed by atoms with Crippen LogP contribution in [0, 0.1) is 24.0 Å². The van der Waals surface area contributed by atoms with Crippen LogP contribution in [0.1, 0.15) is 16.7 Å². The van der Waals surface area contributed by atoms with Gasteiger partial charge in [-0.15, -0.1) is 0 Å². The molecule has 0 radical (unpaired) electrons. The number of benzene rings is 2. The predicted molar refractivity (Wildman–Crippen MR) is 116 cm³/mol. The van der Waals surface area contributed by atoms with E-state index < -0.39 is 4.92 Å². The number of rotatable bonds is 7. The molecule has 0 atom stereocenters. The SMILES string of the molecule is Cc1ccc(C)c(NCC(=O)NN=Cc2cc([N+](=O)[O-])ccc2N2CCOCC2)c1. The van der Waals surface area contributed by atoms with Gasteiger partial charge in [0.2, 0.25) is 0 Å². The molecule has 0 spiro atoms. The number of nitro groups is 1. The molecule has 30 heavy (non-hydrogen) atoms. The Bertz CT molecular complexity index is 954. The fraction of sp³-hybridized carbons (Fsp3) is 0.333. The van der Waals surface area contributed by atoms with Crippen molar-refractivity contribution in [2.24, 2.45) is 5.10 Å². The van der Waals surface area contributed by atoms with Crippen LogP contribution < -0.4 is 15.6 Å². The van der Waals surface area contributed by atoms with Gasteiger partial charge in [0.25, 0.3) is 11.6 Å². The minimum atomic E-state index is -0.451. The Hall–Kier alpha value is -3.46. The highest BCUT2D eigenvalue weighted by Crippen LogP contribution is 2.25. The summed E-state index contributed by atoms with van der Waals surface area (Å²) in [6.07, 6.45) is 1.44. The van der Waals surface area contributed by atoms with Crippen molar-refractivity contribution in [3.05, 3.63) is 63.2 Å². The Balaban J connectivity index is 1.66. The highest BCUT2D eigenvalue weighted by atomic mass is 16.6. The number of nitrogens with one attached hydrogen (secondary N) is 2. The van der Waals surface area contributed by atoms with E-state index in [1.165, 1.54) is 18.3 Å². The summed E-state index contributed by atoms with van der Waals surface area (Å²) in [5.74, 6) is -0.314. The van der Waals surface area contributed by atoms with Crippen molar-refractivity contribution in [2.75, 3.05) is 43.1 Å². The molecule has 1 fully saturated rings. The minimum absolute atomic E-state index is 0.0311. The lowest BCUT2D eigenvalue weighted by atomic mass is 10.1. The molecule has 158 valence electrons. The zero-order chi connectivity index (χ0) is 21.5. The number of aryl methyl sites for hydroxylation is 2. The zero-order valence-corrected chi connectivity index (χ0v) is 17.1. The van der Waals surface area contributed by atoms with Crippen molar-refractivity contribution < 1.29 is 14.5 Å². The highest BCUT2D eigenvalue weighted by molar-refractivity contribution is 5.90. The number of carbonyl (C=O) groups is 1. The third-order valence-corrected chi connectivity index (χ3v) is 4.80. The third-order valence-electron chi connectivity index (χ3n) is 4.80. The molecule has 2 N–H and O–H groups in total. The number of anilines is 2. The number of amides is 1. The Morgan fingerprint density at radius 3 is 2.73 bits per heavy atom. The van der Waals surface area contributed by atoms with Crippen molar-refractivity contribution in [3.63, 3.8) is 0 Å². The predicted octanol–water partition coefficient (Wildman–Crippen LogP) is 2.61. The van der Waals surface area contributed by atoms with Gasteiger partial charge in [0.05, 0.1) is 30.9 Å². The van der Waals surface area contributed by atoms with Gasteiger partial charge in [-0.2, -0.15) is 5.10 Å². The van der Waals surface area contributed by atoms with Gasteiger partial charge in [0.15, 0.2) is 0 Å². The largest absolute Gasteiger partial charge is 0.378 e. The summed E-state index contributed by atoms with van der Waals surface area (Å²) in [6.45, 7) is 6.57. The first-order valence-corrected chi connectivity index (χ1v) is 9.68. The quantitative estimate of drug-likeness (QED) is 0.412. The van der Waals surface area contributed by atoms with E-state index >= 15 is 0 Å². The van der Waals surface area contributed by atoms with E-state index in [9.17, 15) is 14.9 Å². The molecular formula is C21H25N5O4. The van der Waals surface area contributed by atoms with E-state index in [4.69, 9.17) is 4.74 Å². The second-order valence-corrected chi connectivity index (χ2v) is 7.06. The molecular weight excluding hydrogens is 386 g/mol. The Kier molecular flexibility index (Phi) is 6.97. The van der Waals surface area contributed by atoms with E-state index in [2.05, 4.69) is 20.7 Å². The number of hydrogen-bond donors (Lipinski definition) is 2. The third kappa shape index (κ3) is 5.54. The monoisotopic (exact) mass is 411 g/mol. The van der Waals surface area contributed by atoms with Gasteiger partial charge in [-0.1, -0.05) is 12.1 Å². The number of non-ortho nitro benzene ring substituents is 1. The Labute approximate surface area is 174 Å². The van der Waals surface area contributed by atoms with E-state index in [-0.39, 0.29) is 18.1 Å². The summed E-state index contributed by atoms with van der Waals surface area (Å²) in [6, 6.07) is 10.6. The summed E-state index contributed by atoms with van der Waals surface area (Å²) in [5, 5.41) is 18.2. The molecule has 1 aliphatic heterocycles. The van der Waals surface area contributed by atoms with Gasteiger partial charge in [0, 0.05) is 42.2 Å². The van der Waals surface area contributed by atoms with Crippen LogP contribution in [-0.4, -0.2) is 49.9 Å². The molecule has 1 heterocycles. The lowest BCUT2D eigenvalue weighted by molar-refractivity contribution is -0.384.